The average Bonchev–Trinajstić information content (AvgIpc) is 3.87. The minimum Gasteiger partial charge on any atom is -0.192 e. The highest BCUT2D eigenvalue weighted by Gasteiger charge is 2.37. The van der Waals surface area contributed by atoms with E-state index in [4.69, 9.17) is 0 Å². The van der Waals surface area contributed by atoms with E-state index in [0.717, 1.165) is 22.7 Å². The maximum atomic E-state index is 10.5. The number of rotatable bonds is 4. The molecular formula is C32H10N10S2. The molecule has 2 heterocycles. The monoisotopic (exact) mass is 598 g/mol. The van der Waals surface area contributed by atoms with Gasteiger partial charge in [-0.15, -0.1) is 20.4 Å². The number of benzene rings is 2. The first-order valence-electron chi connectivity index (χ1n) is 12.5. The highest BCUT2D eigenvalue weighted by Crippen LogP contribution is 2.54. The van der Waals surface area contributed by atoms with Gasteiger partial charge in [0, 0.05) is 22.3 Å². The van der Waals surface area contributed by atoms with Gasteiger partial charge < -0.3 is 0 Å². The number of nitrogens with zero attached hydrogens (tertiary/aromatic N) is 10. The summed E-state index contributed by atoms with van der Waals surface area (Å²) in [6.07, 6.45) is 3.59. The lowest BCUT2D eigenvalue weighted by atomic mass is 9.88. The number of nitriles is 6. The summed E-state index contributed by atoms with van der Waals surface area (Å²) in [4.78, 5) is 0. The van der Waals surface area contributed by atoms with Crippen LogP contribution in [-0.4, -0.2) is 20.4 Å². The fraction of sp³-hybridized carbons (Fsp3) is 0. The SMILES string of the molecule is N#C/C(=C1\C(c2ccccc2C#N)=CC2=C1C=C(c1ccccc1C#N)/C2=C(\C#N)c1nnc(C#N)s1)c1nnc(C#N)s1. The fourth-order valence-corrected chi connectivity index (χ4v) is 6.33. The van der Waals surface area contributed by atoms with Crippen LogP contribution in [0.15, 0.2) is 83.0 Å². The Kier molecular flexibility index (Phi) is 6.99. The summed E-state index contributed by atoms with van der Waals surface area (Å²) >= 11 is 1.91. The molecule has 12 heteroatoms. The smallest absolute Gasteiger partial charge is 0.192 e. The molecule has 2 aliphatic carbocycles. The van der Waals surface area contributed by atoms with E-state index < -0.39 is 0 Å². The molecule has 0 fully saturated rings. The van der Waals surface area contributed by atoms with Crippen LogP contribution in [0.5, 0.6) is 0 Å². The molecule has 0 bridgehead atoms. The predicted molar refractivity (Wildman–Crippen MR) is 160 cm³/mol. The van der Waals surface area contributed by atoms with Gasteiger partial charge >= 0.3 is 0 Å². The molecule has 200 valence electrons. The predicted octanol–water partition coefficient (Wildman–Crippen LogP) is 5.62. The van der Waals surface area contributed by atoms with E-state index in [-0.39, 0.29) is 31.2 Å². The normalized spacial score (nSPS) is 15.4. The maximum absolute atomic E-state index is 10.5. The first-order chi connectivity index (χ1) is 21.6. The molecule has 10 nitrogen and oxygen atoms in total. The third-order valence-electron chi connectivity index (χ3n) is 6.81. The van der Waals surface area contributed by atoms with E-state index in [1.54, 1.807) is 60.7 Å². The quantitative estimate of drug-likeness (QED) is 0.266. The number of allylic oxidation sites excluding steroid dienone is 10. The van der Waals surface area contributed by atoms with Crippen molar-refractivity contribution >= 4 is 45.0 Å². The van der Waals surface area contributed by atoms with Crippen molar-refractivity contribution in [1.29, 1.82) is 31.6 Å². The third kappa shape index (κ3) is 4.36. The zero-order chi connectivity index (χ0) is 30.8. The van der Waals surface area contributed by atoms with Gasteiger partial charge in [-0.1, -0.05) is 59.1 Å². The van der Waals surface area contributed by atoms with E-state index in [2.05, 4.69) is 44.7 Å². The summed E-state index contributed by atoms with van der Waals surface area (Å²) in [5.74, 6) is 0. The van der Waals surface area contributed by atoms with E-state index >= 15 is 0 Å². The largest absolute Gasteiger partial charge is 0.218 e. The van der Waals surface area contributed by atoms with Gasteiger partial charge in [0.2, 0.25) is 10.0 Å². The molecule has 6 rings (SSSR count). The van der Waals surface area contributed by atoms with Crippen molar-refractivity contribution in [2.45, 2.75) is 0 Å². The Morgan fingerprint density at radius 2 is 0.932 bits per heavy atom. The Bertz CT molecular complexity index is 2190. The second kappa shape index (κ2) is 11.2. The number of aromatic nitrogens is 4. The lowest BCUT2D eigenvalue weighted by Gasteiger charge is -2.14. The van der Waals surface area contributed by atoms with Gasteiger partial charge in [0.1, 0.15) is 24.3 Å². The third-order valence-corrected chi connectivity index (χ3v) is 8.50. The van der Waals surface area contributed by atoms with Crippen molar-refractivity contribution in [2.24, 2.45) is 0 Å². The molecule has 44 heavy (non-hydrogen) atoms. The first-order valence-corrected chi connectivity index (χ1v) is 14.1. The van der Waals surface area contributed by atoms with E-state index in [1.807, 2.05) is 12.1 Å². The second-order valence-corrected chi connectivity index (χ2v) is 11.0. The molecule has 0 amide bonds. The van der Waals surface area contributed by atoms with Gasteiger partial charge in [-0.2, -0.15) is 31.6 Å². The van der Waals surface area contributed by atoms with Crippen LogP contribution in [0.3, 0.4) is 0 Å². The Labute approximate surface area is 257 Å². The molecule has 0 spiro atoms. The summed E-state index contributed by atoms with van der Waals surface area (Å²) in [6, 6.07) is 26.6. The van der Waals surface area contributed by atoms with Gasteiger partial charge in [0.15, 0.2) is 10.0 Å². The standard InChI is InChI=1S/C32H10N10S2/c33-11-17-5-1-3-7-19(17)21-9-23-24(29(21)25(13-35)31-41-39-27(15-37)43-31)10-22(20-8-4-2-6-18(20)12-34)30(23)26(14-36)32-42-40-28(16-38)44-32/h1-10H/b29-25-,30-26-. The zero-order valence-corrected chi connectivity index (χ0v) is 23.7. The lowest BCUT2D eigenvalue weighted by molar-refractivity contribution is 1.06. The molecule has 0 saturated carbocycles. The van der Waals surface area contributed by atoms with Crippen LogP contribution >= 0.6 is 22.7 Å². The molecule has 0 radical (unpaired) electrons. The topological polar surface area (TPSA) is 194 Å². The Morgan fingerprint density at radius 3 is 1.27 bits per heavy atom. The van der Waals surface area contributed by atoms with E-state index in [1.165, 1.54) is 0 Å². The van der Waals surface area contributed by atoms with Crippen molar-refractivity contribution in [3.05, 3.63) is 125 Å². The number of hydrogen-bond donors (Lipinski definition) is 0. The maximum Gasteiger partial charge on any atom is 0.218 e. The summed E-state index contributed by atoms with van der Waals surface area (Å²) in [5.41, 5.74) is 5.09. The summed E-state index contributed by atoms with van der Waals surface area (Å²) in [5, 5.41) is 76.1. The van der Waals surface area contributed by atoms with Gasteiger partial charge in [0.05, 0.1) is 34.4 Å². The van der Waals surface area contributed by atoms with Crippen LogP contribution in [0.2, 0.25) is 0 Å². The Morgan fingerprint density at radius 1 is 0.523 bits per heavy atom. The van der Waals surface area contributed by atoms with Crippen LogP contribution in [-0.2, 0) is 0 Å². The average molecular weight is 599 g/mol. The van der Waals surface area contributed by atoms with Crippen LogP contribution in [0.1, 0.15) is 42.3 Å². The Balaban J connectivity index is 1.74. The molecule has 0 aliphatic heterocycles. The summed E-state index contributed by atoms with van der Waals surface area (Å²) in [6.45, 7) is 0. The molecule has 2 aromatic heterocycles. The van der Waals surface area contributed by atoms with E-state index in [9.17, 15) is 31.6 Å². The molecule has 2 aliphatic rings. The van der Waals surface area contributed by atoms with Crippen LogP contribution in [0.25, 0.3) is 22.3 Å². The van der Waals surface area contributed by atoms with Crippen molar-refractivity contribution in [3.63, 3.8) is 0 Å². The fourth-order valence-electron chi connectivity index (χ4n) is 5.05. The highest BCUT2D eigenvalue weighted by molar-refractivity contribution is 7.13. The Hall–Kier alpha value is -6.80. The van der Waals surface area contributed by atoms with Gasteiger partial charge in [-0.05, 0) is 46.6 Å². The molecular weight excluding hydrogens is 589 g/mol. The minimum atomic E-state index is 0.0750. The van der Waals surface area contributed by atoms with Gasteiger partial charge in [-0.3, -0.25) is 0 Å². The molecule has 0 atom stereocenters. The summed E-state index contributed by atoms with van der Waals surface area (Å²) < 4.78 is 0. The molecule has 2 aromatic carbocycles. The first kappa shape index (κ1) is 27.4. The number of hydrogen-bond acceptors (Lipinski definition) is 12. The van der Waals surface area contributed by atoms with Crippen LogP contribution < -0.4 is 0 Å². The van der Waals surface area contributed by atoms with Crippen molar-refractivity contribution in [3.8, 4) is 36.4 Å². The molecule has 4 aromatic rings. The van der Waals surface area contributed by atoms with Gasteiger partial charge in [-0.25, -0.2) is 0 Å². The molecule has 0 N–H and O–H groups in total. The second-order valence-electron chi connectivity index (χ2n) is 9.03. The lowest BCUT2D eigenvalue weighted by Crippen LogP contribution is -1.98. The van der Waals surface area contributed by atoms with Crippen LogP contribution in [0, 0.1) is 68.0 Å². The highest BCUT2D eigenvalue weighted by atomic mass is 32.1. The molecule has 0 saturated heterocycles. The zero-order valence-electron chi connectivity index (χ0n) is 22.1. The van der Waals surface area contributed by atoms with Crippen molar-refractivity contribution < 1.29 is 0 Å². The molecule has 0 unspecified atom stereocenters. The van der Waals surface area contributed by atoms with Crippen molar-refractivity contribution in [1.82, 2.24) is 20.4 Å². The van der Waals surface area contributed by atoms with Crippen LogP contribution in [0.4, 0.5) is 0 Å². The summed E-state index contributed by atoms with van der Waals surface area (Å²) in [7, 11) is 0. The van der Waals surface area contributed by atoms with Gasteiger partial charge in [0.25, 0.3) is 0 Å². The van der Waals surface area contributed by atoms with Crippen molar-refractivity contribution in [2.75, 3.05) is 0 Å². The van der Waals surface area contributed by atoms with E-state index in [0.29, 0.717) is 55.7 Å². The minimum absolute atomic E-state index is 0.0750.